The molecule has 1 heterocycles. The summed E-state index contributed by atoms with van der Waals surface area (Å²) in [5.74, 6) is 1.58. The number of para-hydroxylation sites is 1. The molecule has 27 heavy (non-hydrogen) atoms. The van der Waals surface area contributed by atoms with Gasteiger partial charge in [-0.15, -0.1) is 0 Å². The first kappa shape index (κ1) is 17.6. The normalized spacial score (nSPS) is 24.0. The van der Waals surface area contributed by atoms with Crippen LogP contribution in [-0.2, 0) is 4.79 Å². The van der Waals surface area contributed by atoms with Gasteiger partial charge in [0.15, 0.2) is 5.96 Å². The van der Waals surface area contributed by atoms with Gasteiger partial charge in [0, 0.05) is 43.6 Å². The molecule has 4 rings (SSSR count). The van der Waals surface area contributed by atoms with E-state index in [1.54, 1.807) is 7.05 Å². The number of fused-ring (bicyclic) bond motifs is 1. The summed E-state index contributed by atoms with van der Waals surface area (Å²) in [5.41, 5.74) is 4.87. The summed E-state index contributed by atoms with van der Waals surface area (Å²) >= 11 is 0. The van der Waals surface area contributed by atoms with Gasteiger partial charge in [-0.05, 0) is 36.1 Å². The van der Waals surface area contributed by atoms with E-state index in [-0.39, 0.29) is 11.8 Å². The standard InChI is InChI=1S/C22H26N4O/c1-14-7-3-4-8-16(14)18-12-20(18)26-22(23-2)24-13-15-11-21(27)25-19-10-6-5-9-17(15)19/h3-10,15,18,20H,11-13H2,1-2H3,(H,25,27)(H2,23,24,26). The Kier molecular flexibility index (Phi) is 4.84. The molecular formula is C22H26N4O. The Morgan fingerprint density at radius 2 is 1.89 bits per heavy atom. The molecule has 5 heteroatoms. The van der Waals surface area contributed by atoms with E-state index in [2.05, 4.69) is 58.2 Å². The third kappa shape index (κ3) is 3.82. The SMILES string of the molecule is CN=C(NCC1CC(=O)Nc2ccccc21)NC1CC1c1ccccc1C. The summed E-state index contributed by atoms with van der Waals surface area (Å²) in [6.07, 6.45) is 1.62. The van der Waals surface area contributed by atoms with Crippen LogP contribution >= 0.6 is 0 Å². The summed E-state index contributed by atoms with van der Waals surface area (Å²) in [6.45, 7) is 2.86. The number of hydrogen-bond donors (Lipinski definition) is 3. The monoisotopic (exact) mass is 362 g/mol. The maximum atomic E-state index is 12.0. The molecule has 0 spiro atoms. The number of amides is 1. The van der Waals surface area contributed by atoms with Gasteiger partial charge in [-0.2, -0.15) is 0 Å². The van der Waals surface area contributed by atoms with Crippen molar-refractivity contribution in [2.45, 2.75) is 37.6 Å². The van der Waals surface area contributed by atoms with Crippen molar-refractivity contribution in [3.8, 4) is 0 Å². The second-order valence-electron chi connectivity index (χ2n) is 7.44. The number of guanidine groups is 1. The number of aryl methyl sites for hydroxylation is 1. The second kappa shape index (κ2) is 7.43. The number of carbonyl (C=O) groups excluding carboxylic acids is 1. The third-order valence-electron chi connectivity index (χ3n) is 5.55. The molecule has 2 aromatic carbocycles. The lowest BCUT2D eigenvalue weighted by molar-refractivity contribution is -0.116. The van der Waals surface area contributed by atoms with Gasteiger partial charge in [-0.3, -0.25) is 9.79 Å². The number of nitrogens with one attached hydrogen (secondary N) is 3. The van der Waals surface area contributed by atoms with Crippen LogP contribution in [0, 0.1) is 6.92 Å². The highest BCUT2D eigenvalue weighted by Crippen LogP contribution is 2.42. The first-order chi connectivity index (χ1) is 13.2. The number of nitrogens with zero attached hydrogens (tertiary/aromatic N) is 1. The summed E-state index contributed by atoms with van der Waals surface area (Å²) < 4.78 is 0. The van der Waals surface area contributed by atoms with Gasteiger partial charge < -0.3 is 16.0 Å². The van der Waals surface area contributed by atoms with Crippen LogP contribution in [0.5, 0.6) is 0 Å². The van der Waals surface area contributed by atoms with Gasteiger partial charge in [0.05, 0.1) is 0 Å². The van der Waals surface area contributed by atoms with Crippen molar-refractivity contribution in [2.24, 2.45) is 4.99 Å². The molecule has 3 atom stereocenters. The molecule has 0 saturated heterocycles. The van der Waals surface area contributed by atoms with Gasteiger partial charge in [0.1, 0.15) is 0 Å². The van der Waals surface area contributed by atoms with E-state index < -0.39 is 0 Å². The summed E-state index contributed by atoms with van der Waals surface area (Å²) in [4.78, 5) is 16.4. The van der Waals surface area contributed by atoms with Crippen molar-refractivity contribution >= 4 is 17.6 Å². The first-order valence-electron chi connectivity index (χ1n) is 9.57. The van der Waals surface area contributed by atoms with Crippen molar-refractivity contribution < 1.29 is 4.79 Å². The zero-order chi connectivity index (χ0) is 18.8. The Labute approximate surface area is 160 Å². The van der Waals surface area contributed by atoms with Crippen molar-refractivity contribution in [1.82, 2.24) is 10.6 Å². The quantitative estimate of drug-likeness (QED) is 0.578. The Morgan fingerprint density at radius 1 is 1.15 bits per heavy atom. The molecule has 2 aromatic rings. The maximum absolute atomic E-state index is 12.0. The second-order valence-corrected chi connectivity index (χ2v) is 7.44. The van der Waals surface area contributed by atoms with Crippen LogP contribution in [0.4, 0.5) is 5.69 Å². The van der Waals surface area contributed by atoms with E-state index >= 15 is 0 Å². The lowest BCUT2D eigenvalue weighted by atomic mass is 9.90. The summed E-state index contributed by atoms with van der Waals surface area (Å²) in [6, 6.07) is 17.0. The van der Waals surface area contributed by atoms with E-state index in [4.69, 9.17) is 0 Å². The van der Waals surface area contributed by atoms with Gasteiger partial charge in [-0.25, -0.2) is 0 Å². The number of carbonyl (C=O) groups is 1. The molecule has 3 unspecified atom stereocenters. The molecule has 0 bridgehead atoms. The molecule has 5 nitrogen and oxygen atoms in total. The Hall–Kier alpha value is -2.82. The molecule has 1 fully saturated rings. The van der Waals surface area contributed by atoms with E-state index in [0.29, 0.717) is 24.9 Å². The minimum atomic E-state index is 0.0743. The van der Waals surface area contributed by atoms with Crippen LogP contribution in [0.15, 0.2) is 53.5 Å². The Balaban J connectivity index is 1.36. The van der Waals surface area contributed by atoms with Crippen LogP contribution in [0.3, 0.4) is 0 Å². The van der Waals surface area contributed by atoms with E-state index in [0.717, 1.165) is 18.1 Å². The molecule has 0 radical (unpaired) electrons. The largest absolute Gasteiger partial charge is 0.356 e. The number of aliphatic imine (C=N–C) groups is 1. The van der Waals surface area contributed by atoms with Gasteiger partial charge in [-0.1, -0.05) is 42.5 Å². The van der Waals surface area contributed by atoms with E-state index in [1.165, 1.54) is 16.7 Å². The Bertz CT molecular complexity index is 876. The topological polar surface area (TPSA) is 65.5 Å². The summed E-state index contributed by atoms with van der Waals surface area (Å²) in [5, 5.41) is 9.90. The van der Waals surface area contributed by atoms with Crippen molar-refractivity contribution in [3.05, 3.63) is 65.2 Å². The molecule has 1 saturated carbocycles. The molecule has 140 valence electrons. The fraction of sp³-hybridized carbons (Fsp3) is 0.364. The minimum Gasteiger partial charge on any atom is -0.356 e. The van der Waals surface area contributed by atoms with E-state index in [9.17, 15) is 4.79 Å². The summed E-state index contributed by atoms with van der Waals surface area (Å²) in [7, 11) is 1.79. The van der Waals surface area contributed by atoms with Gasteiger partial charge in [0.25, 0.3) is 0 Å². The number of anilines is 1. The van der Waals surface area contributed by atoms with Crippen molar-refractivity contribution in [3.63, 3.8) is 0 Å². The van der Waals surface area contributed by atoms with Crippen LogP contribution in [0.1, 0.15) is 41.4 Å². The average Bonchev–Trinajstić information content (AvgIpc) is 3.44. The predicted molar refractivity (Wildman–Crippen MR) is 109 cm³/mol. The van der Waals surface area contributed by atoms with Crippen LogP contribution in [0.2, 0.25) is 0 Å². The van der Waals surface area contributed by atoms with Gasteiger partial charge in [0.2, 0.25) is 5.91 Å². The van der Waals surface area contributed by atoms with Crippen molar-refractivity contribution in [2.75, 3.05) is 18.9 Å². The smallest absolute Gasteiger partial charge is 0.225 e. The fourth-order valence-electron chi connectivity index (χ4n) is 3.98. The zero-order valence-electron chi connectivity index (χ0n) is 15.8. The first-order valence-corrected chi connectivity index (χ1v) is 9.57. The predicted octanol–water partition coefficient (Wildman–Crippen LogP) is 3.14. The molecule has 3 N–H and O–H groups in total. The molecule has 2 aliphatic rings. The zero-order valence-corrected chi connectivity index (χ0v) is 15.8. The van der Waals surface area contributed by atoms with Crippen molar-refractivity contribution in [1.29, 1.82) is 0 Å². The highest BCUT2D eigenvalue weighted by Gasteiger charge is 2.39. The van der Waals surface area contributed by atoms with Crippen LogP contribution < -0.4 is 16.0 Å². The number of rotatable bonds is 4. The Morgan fingerprint density at radius 3 is 2.67 bits per heavy atom. The average molecular weight is 362 g/mol. The van der Waals surface area contributed by atoms with Crippen LogP contribution in [0.25, 0.3) is 0 Å². The lowest BCUT2D eigenvalue weighted by Gasteiger charge is -2.26. The minimum absolute atomic E-state index is 0.0743. The lowest BCUT2D eigenvalue weighted by Crippen LogP contribution is -2.42. The molecule has 1 aliphatic carbocycles. The van der Waals surface area contributed by atoms with E-state index in [1.807, 2.05) is 18.2 Å². The molecular weight excluding hydrogens is 336 g/mol. The molecule has 1 aliphatic heterocycles. The molecule has 0 aromatic heterocycles. The van der Waals surface area contributed by atoms with Crippen LogP contribution in [-0.4, -0.2) is 31.5 Å². The highest BCUT2D eigenvalue weighted by molar-refractivity contribution is 5.94. The maximum Gasteiger partial charge on any atom is 0.225 e. The fourth-order valence-corrected chi connectivity index (χ4v) is 3.98. The third-order valence-corrected chi connectivity index (χ3v) is 5.55. The number of hydrogen-bond acceptors (Lipinski definition) is 2. The van der Waals surface area contributed by atoms with Gasteiger partial charge >= 0.3 is 0 Å². The number of benzene rings is 2. The highest BCUT2D eigenvalue weighted by atomic mass is 16.1. The molecule has 1 amide bonds.